The Kier molecular flexibility index (Phi) is 3.19. The number of sulfone groups is 1. The fourth-order valence-corrected chi connectivity index (χ4v) is 2.88. The van der Waals surface area contributed by atoms with Crippen LogP contribution in [0.25, 0.3) is 0 Å². The Morgan fingerprint density at radius 3 is 2.53 bits per heavy atom. The van der Waals surface area contributed by atoms with Crippen molar-refractivity contribution in [3.63, 3.8) is 0 Å². The highest BCUT2D eigenvalue weighted by Crippen LogP contribution is 2.28. The predicted molar refractivity (Wildman–Crippen MR) is 59.9 cm³/mol. The highest BCUT2D eigenvalue weighted by atomic mass is 32.2. The van der Waals surface area contributed by atoms with E-state index in [2.05, 4.69) is 6.58 Å². The van der Waals surface area contributed by atoms with Gasteiger partial charge in [-0.05, 0) is 25.0 Å². The molecule has 0 fully saturated rings. The van der Waals surface area contributed by atoms with E-state index in [4.69, 9.17) is 0 Å². The van der Waals surface area contributed by atoms with Crippen LogP contribution < -0.4 is 0 Å². The first-order valence-corrected chi connectivity index (χ1v) is 6.39. The third-order valence-electron chi connectivity index (χ3n) is 2.15. The lowest BCUT2D eigenvalue weighted by atomic mass is 10.1. The molecule has 1 aromatic carbocycles. The minimum Gasteiger partial charge on any atom is -0.508 e. The largest absolute Gasteiger partial charge is 0.508 e. The lowest BCUT2D eigenvalue weighted by molar-refractivity contribution is 0.466. The molecule has 0 aliphatic carbocycles. The molecular formula is C11H14O3S. The summed E-state index contributed by atoms with van der Waals surface area (Å²) in [4.78, 5) is 0.211. The number of hydrogen-bond donors (Lipinski definition) is 1. The SMILES string of the molecule is C=CCc1c(O)ccc(C)c1S(C)(=O)=O. The zero-order chi connectivity index (χ0) is 11.6. The molecule has 0 aliphatic rings. The zero-order valence-corrected chi connectivity index (χ0v) is 9.63. The Balaban J connectivity index is 3.59. The van der Waals surface area contributed by atoms with Gasteiger partial charge in [0.05, 0.1) is 4.90 Å². The normalized spacial score (nSPS) is 11.3. The average Bonchev–Trinajstić information content (AvgIpc) is 2.09. The molecular weight excluding hydrogens is 212 g/mol. The smallest absolute Gasteiger partial charge is 0.176 e. The molecule has 0 unspecified atom stereocenters. The van der Waals surface area contributed by atoms with Crippen LogP contribution in [-0.2, 0) is 16.3 Å². The molecule has 0 heterocycles. The van der Waals surface area contributed by atoms with E-state index >= 15 is 0 Å². The summed E-state index contributed by atoms with van der Waals surface area (Å²) < 4.78 is 23.1. The molecule has 15 heavy (non-hydrogen) atoms. The first-order valence-electron chi connectivity index (χ1n) is 4.50. The number of rotatable bonds is 3. The van der Waals surface area contributed by atoms with Gasteiger partial charge in [-0.25, -0.2) is 8.42 Å². The predicted octanol–water partition coefficient (Wildman–Crippen LogP) is 1.83. The Morgan fingerprint density at radius 1 is 1.47 bits per heavy atom. The van der Waals surface area contributed by atoms with Gasteiger partial charge in [-0.3, -0.25) is 0 Å². The molecule has 0 aromatic heterocycles. The van der Waals surface area contributed by atoms with Crippen LogP contribution in [0.3, 0.4) is 0 Å². The highest BCUT2D eigenvalue weighted by Gasteiger charge is 2.18. The molecule has 82 valence electrons. The lowest BCUT2D eigenvalue weighted by Gasteiger charge is -2.11. The van der Waals surface area contributed by atoms with Gasteiger partial charge in [-0.15, -0.1) is 6.58 Å². The van der Waals surface area contributed by atoms with Gasteiger partial charge in [0, 0.05) is 11.8 Å². The van der Waals surface area contributed by atoms with Gasteiger partial charge in [0.2, 0.25) is 0 Å². The van der Waals surface area contributed by atoms with Crippen molar-refractivity contribution in [1.29, 1.82) is 0 Å². The van der Waals surface area contributed by atoms with E-state index in [1.807, 2.05) is 0 Å². The van der Waals surface area contributed by atoms with Gasteiger partial charge >= 0.3 is 0 Å². The maximum absolute atomic E-state index is 11.6. The second-order valence-corrected chi connectivity index (χ2v) is 5.43. The molecule has 4 heteroatoms. The molecule has 0 spiro atoms. The van der Waals surface area contributed by atoms with Crippen molar-refractivity contribution in [1.82, 2.24) is 0 Å². The average molecular weight is 226 g/mol. The van der Waals surface area contributed by atoms with Gasteiger partial charge in [-0.2, -0.15) is 0 Å². The Morgan fingerprint density at radius 2 is 2.07 bits per heavy atom. The number of aryl methyl sites for hydroxylation is 1. The van der Waals surface area contributed by atoms with E-state index in [0.29, 0.717) is 17.5 Å². The maximum atomic E-state index is 11.6. The van der Waals surface area contributed by atoms with Gasteiger partial charge < -0.3 is 5.11 Å². The minimum atomic E-state index is -3.32. The topological polar surface area (TPSA) is 54.4 Å². The number of phenolic OH excluding ortho intramolecular Hbond substituents is 1. The third kappa shape index (κ3) is 2.39. The lowest BCUT2D eigenvalue weighted by Crippen LogP contribution is -2.05. The third-order valence-corrected chi connectivity index (χ3v) is 3.46. The summed E-state index contributed by atoms with van der Waals surface area (Å²) in [6, 6.07) is 3.10. The van der Waals surface area contributed by atoms with Gasteiger partial charge in [0.15, 0.2) is 9.84 Å². The van der Waals surface area contributed by atoms with E-state index in [1.165, 1.54) is 6.07 Å². The highest BCUT2D eigenvalue weighted by molar-refractivity contribution is 7.90. The van der Waals surface area contributed by atoms with Gasteiger partial charge in [0.25, 0.3) is 0 Å². The Hall–Kier alpha value is -1.29. The van der Waals surface area contributed by atoms with Crippen LogP contribution in [0.4, 0.5) is 0 Å². The molecule has 0 radical (unpaired) electrons. The monoisotopic (exact) mass is 226 g/mol. The molecule has 0 saturated carbocycles. The zero-order valence-electron chi connectivity index (χ0n) is 8.82. The fraction of sp³-hybridized carbons (Fsp3) is 0.273. The maximum Gasteiger partial charge on any atom is 0.176 e. The minimum absolute atomic E-state index is 0.000856. The molecule has 1 rings (SSSR count). The molecule has 0 bridgehead atoms. The first-order chi connectivity index (χ1) is 6.88. The molecule has 3 nitrogen and oxygen atoms in total. The quantitative estimate of drug-likeness (QED) is 0.800. The summed E-state index contributed by atoms with van der Waals surface area (Å²) in [6.07, 6.45) is 3.06. The Labute approximate surface area is 90.0 Å². The van der Waals surface area contributed by atoms with E-state index in [0.717, 1.165) is 6.26 Å². The van der Waals surface area contributed by atoms with E-state index in [1.54, 1.807) is 19.1 Å². The van der Waals surface area contributed by atoms with E-state index < -0.39 is 9.84 Å². The number of allylic oxidation sites excluding steroid dienone is 1. The molecule has 0 saturated heterocycles. The van der Waals surface area contributed by atoms with Crippen LogP contribution >= 0.6 is 0 Å². The summed E-state index contributed by atoms with van der Waals surface area (Å²) >= 11 is 0. The molecule has 1 aromatic rings. The summed E-state index contributed by atoms with van der Waals surface area (Å²) in [5.74, 6) is 0.000856. The van der Waals surface area contributed by atoms with Crippen LogP contribution in [0, 0.1) is 6.92 Å². The summed E-state index contributed by atoms with van der Waals surface area (Å²) in [7, 11) is -3.32. The van der Waals surface area contributed by atoms with Crippen LogP contribution in [0.1, 0.15) is 11.1 Å². The molecule has 1 N–H and O–H groups in total. The van der Waals surface area contributed by atoms with Crippen molar-refractivity contribution in [2.75, 3.05) is 6.26 Å². The number of hydrogen-bond acceptors (Lipinski definition) is 3. The van der Waals surface area contributed by atoms with Crippen molar-refractivity contribution >= 4 is 9.84 Å². The summed E-state index contributed by atoms with van der Waals surface area (Å²) in [5.41, 5.74) is 1.07. The van der Waals surface area contributed by atoms with Gasteiger partial charge in [0.1, 0.15) is 5.75 Å². The van der Waals surface area contributed by atoms with Crippen molar-refractivity contribution in [2.45, 2.75) is 18.2 Å². The molecule has 0 aliphatic heterocycles. The second kappa shape index (κ2) is 4.06. The van der Waals surface area contributed by atoms with Crippen molar-refractivity contribution in [3.8, 4) is 5.75 Å². The number of aromatic hydroxyl groups is 1. The molecule has 0 atom stereocenters. The Bertz CT molecular complexity index is 487. The van der Waals surface area contributed by atoms with Crippen LogP contribution in [-0.4, -0.2) is 19.8 Å². The van der Waals surface area contributed by atoms with Crippen molar-refractivity contribution in [3.05, 3.63) is 35.9 Å². The second-order valence-electron chi connectivity index (χ2n) is 3.47. The van der Waals surface area contributed by atoms with Crippen molar-refractivity contribution in [2.24, 2.45) is 0 Å². The van der Waals surface area contributed by atoms with Crippen LogP contribution in [0.2, 0.25) is 0 Å². The number of phenols is 1. The summed E-state index contributed by atoms with van der Waals surface area (Å²) in [5, 5.41) is 9.60. The standard InChI is InChI=1S/C11H14O3S/c1-4-5-9-10(12)7-6-8(2)11(9)15(3,13)14/h4,6-7,12H,1,5H2,2-3H3. The summed E-state index contributed by atoms with van der Waals surface area (Å²) in [6.45, 7) is 5.25. The van der Waals surface area contributed by atoms with E-state index in [9.17, 15) is 13.5 Å². The molecule has 0 amide bonds. The van der Waals surface area contributed by atoms with Crippen LogP contribution in [0.15, 0.2) is 29.7 Å². The van der Waals surface area contributed by atoms with Crippen LogP contribution in [0.5, 0.6) is 5.75 Å². The van der Waals surface area contributed by atoms with E-state index in [-0.39, 0.29) is 10.6 Å². The van der Waals surface area contributed by atoms with Gasteiger partial charge in [-0.1, -0.05) is 12.1 Å². The number of benzene rings is 1. The fourth-order valence-electron chi connectivity index (χ4n) is 1.59. The first kappa shape index (κ1) is 11.8. The van der Waals surface area contributed by atoms with Crippen molar-refractivity contribution < 1.29 is 13.5 Å².